The fourth-order valence-electron chi connectivity index (χ4n) is 2.29. The molecule has 0 saturated carbocycles. The average Bonchev–Trinajstić information content (AvgIpc) is 2.82. The van der Waals surface area contributed by atoms with Crippen molar-refractivity contribution < 1.29 is 0 Å². The van der Waals surface area contributed by atoms with Crippen LogP contribution in [0.1, 0.15) is 18.3 Å². The molecule has 0 radical (unpaired) electrons. The standard InChI is InChI=1S/C15H16BrN5/c1-3-17-14-13-8-18-21(15(13)20-10(2)19-14)9-11-5-4-6-12(16)7-11/h4-8H,3,9H2,1-2H3,(H,17,19,20). The lowest BCUT2D eigenvalue weighted by Crippen LogP contribution is -2.06. The highest BCUT2D eigenvalue weighted by Gasteiger charge is 2.11. The molecule has 6 heteroatoms. The molecule has 0 aliphatic heterocycles. The van der Waals surface area contributed by atoms with Crippen LogP contribution in [0.4, 0.5) is 5.82 Å². The number of benzene rings is 1. The molecule has 2 aromatic heterocycles. The molecule has 0 spiro atoms. The SMILES string of the molecule is CCNc1nc(C)nc2c1cnn2Cc1cccc(Br)c1. The van der Waals surface area contributed by atoms with Gasteiger partial charge in [-0.25, -0.2) is 14.6 Å². The van der Waals surface area contributed by atoms with E-state index < -0.39 is 0 Å². The van der Waals surface area contributed by atoms with E-state index in [2.05, 4.69) is 55.4 Å². The average molecular weight is 346 g/mol. The largest absolute Gasteiger partial charge is 0.370 e. The van der Waals surface area contributed by atoms with Crippen LogP contribution in [0.25, 0.3) is 11.0 Å². The molecule has 5 nitrogen and oxygen atoms in total. The minimum Gasteiger partial charge on any atom is -0.370 e. The van der Waals surface area contributed by atoms with Crippen LogP contribution in [-0.2, 0) is 6.54 Å². The zero-order valence-electron chi connectivity index (χ0n) is 12.0. The molecule has 0 unspecified atom stereocenters. The van der Waals surface area contributed by atoms with Crippen LogP contribution in [0.5, 0.6) is 0 Å². The first kappa shape index (κ1) is 14.0. The molecule has 0 saturated heterocycles. The number of fused-ring (bicyclic) bond motifs is 1. The highest BCUT2D eigenvalue weighted by Crippen LogP contribution is 2.21. The van der Waals surface area contributed by atoms with Crippen molar-refractivity contribution in [1.29, 1.82) is 0 Å². The Morgan fingerprint density at radius 2 is 2.14 bits per heavy atom. The Hall–Kier alpha value is -1.95. The van der Waals surface area contributed by atoms with Crippen molar-refractivity contribution in [2.45, 2.75) is 20.4 Å². The summed E-state index contributed by atoms with van der Waals surface area (Å²) in [6.07, 6.45) is 1.82. The molecule has 1 aromatic carbocycles. The molecule has 0 fully saturated rings. The number of nitrogens with zero attached hydrogens (tertiary/aromatic N) is 4. The van der Waals surface area contributed by atoms with Crippen LogP contribution in [0.3, 0.4) is 0 Å². The zero-order valence-corrected chi connectivity index (χ0v) is 13.6. The monoisotopic (exact) mass is 345 g/mol. The highest BCUT2D eigenvalue weighted by molar-refractivity contribution is 9.10. The lowest BCUT2D eigenvalue weighted by Gasteiger charge is -2.07. The van der Waals surface area contributed by atoms with Gasteiger partial charge >= 0.3 is 0 Å². The summed E-state index contributed by atoms with van der Waals surface area (Å²) < 4.78 is 2.97. The molecule has 0 aliphatic rings. The van der Waals surface area contributed by atoms with Crippen LogP contribution in [0, 0.1) is 6.92 Å². The summed E-state index contributed by atoms with van der Waals surface area (Å²) >= 11 is 3.49. The van der Waals surface area contributed by atoms with Crippen LogP contribution in [0.2, 0.25) is 0 Å². The second kappa shape index (κ2) is 5.81. The van der Waals surface area contributed by atoms with Crippen molar-refractivity contribution in [3.63, 3.8) is 0 Å². The van der Waals surface area contributed by atoms with Gasteiger partial charge in [0, 0.05) is 11.0 Å². The molecule has 21 heavy (non-hydrogen) atoms. The quantitative estimate of drug-likeness (QED) is 0.787. The summed E-state index contributed by atoms with van der Waals surface area (Å²) in [7, 11) is 0. The fourth-order valence-corrected chi connectivity index (χ4v) is 2.74. The maximum absolute atomic E-state index is 4.53. The molecule has 1 N–H and O–H groups in total. The Bertz CT molecular complexity index is 781. The first-order valence-electron chi connectivity index (χ1n) is 6.86. The van der Waals surface area contributed by atoms with E-state index in [-0.39, 0.29) is 0 Å². The van der Waals surface area contributed by atoms with Gasteiger partial charge in [-0.2, -0.15) is 5.10 Å². The van der Waals surface area contributed by atoms with Gasteiger partial charge < -0.3 is 5.32 Å². The second-order valence-electron chi connectivity index (χ2n) is 4.82. The van der Waals surface area contributed by atoms with Crippen molar-refractivity contribution in [1.82, 2.24) is 19.7 Å². The van der Waals surface area contributed by atoms with Crippen LogP contribution >= 0.6 is 15.9 Å². The summed E-state index contributed by atoms with van der Waals surface area (Å²) in [5.74, 6) is 1.59. The predicted octanol–water partition coefficient (Wildman–Crippen LogP) is 3.38. The highest BCUT2D eigenvalue weighted by atomic mass is 79.9. The third kappa shape index (κ3) is 2.90. The Balaban J connectivity index is 2.03. The summed E-state index contributed by atoms with van der Waals surface area (Å²) in [6, 6.07) is 8.21. The normalized spacial score (nSPS) is 11.0. The topological polar surface area (TPSA) is 55.6 Å². The third-order valence-electron chi connectivity index (χ3n) is 3.17. The van der Waals surface area contributed by atoms with Crippen molar-refractivity contribution in [3.8, 4) is 0 Å². The molecular weight excluding hydrogens is 330 g/mol. The van der Waals surface area contributed by atoms with Crippen LogP contribution < -0.4 is 5.32 Å². The van der Waals surface area contributed by atoms with Crippen LogP contribution in [-0.4, -0.2) is 26.3 Å². The Morgan fingerprint density at radius 1 is 1.29 bits per heavy atom. The van der Waals surface area contributed by atoms with E-state index in [0.29, 0.717) is 6.54 Å². The first-order chi connectivity index (χ1) is 10.2. The zero-order chi connectivity index (χ0) is 14.8. The molecule has 108 valence electrons. The van der Waals surface area contributed by atoms with Gasteiger partial charge in [-0.05, 0) is 31.5 Å². The lowest BCUT2D eigenvalue weighted by atomic mass is 10.2. The number of aryl methyl sites for hydroxylation is 1. The number of rotatable bonds is 4. The van der Waals surface area contributed by atoms with Crippen molar-refractivity contribution in [2.24, 2.45) is 0 Å². The number of hydrogen-bond donors (Lipinski definition) is 1. The van der Waals surface area contributed by atoms with E-state index in [1.54, 1.807) is 0 Å². The number of hydrogen-bond acceptors (Lipinski definition) is 4. The molecule has 3 aromatic rings. The van der Waals surface area contributed by atoms with E-state index in [4.69, 9.17) is 0 Å². The van der Waals surface area contributed by atoms with E-state index in [1.807, 2.05) is 29.9 Å². The van der Waals surface area contributed by atoms with Gasteiger partial charge in [-0.1, -0.05) is 28.1 Å². The van der Waals surface area contributed by atoms with Gasteiger partial charge in [0.05, 0.1) is 18.1 Å². The van der Waals surface area contributed by atoms with Crippen molar-refractivity contribution in [2.75, 3.05) is 11.9 Å². The number of anilines is 1. The Morgan fingerprint density at radius 3 is 2.90 bits per heavy atom. The molecule has 0 amide bonds. The predicted molar refractivity (Wildman–Crippen MR) is 87.5 cm³/mol. The third-order valence-corrected chi connectivity index (χ3v) is 3.67. The molecule has 0 aliphatic carbocycles. The van der Waals surface area contributed by atoms with Crippen molar-refractivity contribution >= 4 is 32.8 Å². The molecular formula is C15H16BrN5. The van der Waals surface area contributed by atoms with E-state index in [9.17, 15) is 0 Å². The fraction of sp³-hybridized carbons (Fsp3) is 0.267. The molecule has 2 heterocycles. The molecule has 0 atom stereocenters. The first-order valence-corrected chi connectivity index (χ1v) is 7.65. The smallest absolute Gasteiger partial charge is 0.163 e. The van der Waals surface area contributed by atoms with Crippen LogP contribution in [0.15, 0.2) is 34.9 Å². The van der Waals surface area contributed by atoms with E-state index in [0.717, 1.165) is 33.7 Å². The number of nitrogens with one attached hydrogen (secondary N) is 1. The lowest BCUT2D eigenvalue weighted by molar-refractivity contribution is 0.702. The van der Waals surface area contributed by atoms with Gasteiger partial charge in [-0.15, -0.1) is 0 Å². The van der Waals surface area contributed by atoms with Crippen molar-refractivity contribution in [3.05, 3.63) is 46.3 Å². The maximum atomic E-state index is 4.53. The number of halogens is 1. The van der Waals surface area contributed by atoms with Gasteiger partial charge in [0.15, 0.2) is 5.65 Å². The number of aromatic nitrogens is 4. The maximum Gasteiger partial charge on any atom is 0.163 e. The Kier molecular flexibility index (Phi) is 3.88. The summed E-state index contributed by atoms with van der Waals surface area (Å²) in [5, 5.41) is 8.68. The molecule has 3 rings (SSSR count). The van der Waals surface area contributed by atoms with E-state index >= 15 is 0 Å². The minimum atomic E-state index is 0.685. The summed E-state index contributed by atoms with van der Waals surface area (Å²) in [6.45, 7) is 5.46. The molecule has 0 bridgehead atoms. The summed E-state index contributed by atoms with van der Waals surface area (Å²) in [4.78, 5) is 8.98. The van der Waals surface area contributed by atoms with Gasteiger partial charge in [0.2, 0.25) is 0 Å². The second-order valence-corrected chi connectivity index (χ2v) is 5.73. The summed E-state index contributed by atoms with van der Waals surface area (Å²) in [5.41, 5.74) is 2.04. The van der Waals surface area contributed by atoms with Gasteiger partial charge in [-0.3, -0.25) is 0 Å². The van der Waals surface area contributed by atoms with E-state index in [1.165, 1.54) is 5.56 Å². The Labute approximate surface area is 131 Å². The van der Waals surface area contributed by atoms with Gasteiger partial charge in [0.1, 0.15) is 11.6 Å². The van der Waals surface area contributed by atoms with Gasteiger partial charge in [0.25, 0.3) is 0 Å². The minimum absolute atomic E-state index is 0.685.